The van der Waals surface area contributed by atoms with Gasteiger partial charge in [-0.2, -0.15) is 4.98 Å². The Labute approximate surface area is 134 Å². The Bertz CT molecular complexity index is 693. The first-order chi connectivity index (χ1) is 10.5. The Hall–Kier alpha value is -1.63. The van der Waals surface area contributed by atoms with Gasteiger partial charge in [0.1, 0.15) is 0 Å². The number of carbonyl (C=O) groups is 1. The van der Waals surface area contributed by atoms with E-state index >= 15 is 0 Å². The highest BCUT2D eigenvalue weighted by Crippen LogP contribution is 2.22. The molecule has 1 aliphatic carbocycles. The van der Waals surface area contributed by atoms with Crippen LogP contribution in [0.15, 0.2) is 11.2 Å². The third-order valence-electron chi connectivity index (χ3n) is 3.95. The molecule has 1 fully saturated rings. The third-order valence-corrected chi connectivity index (χ3v) is 4.90. The van der Waals surface area contributed by atoms with E-state index in [4.69, 9.17) is 0 Å². The molecule has 118 valence electrons. The fraction of sp³-hybridized carbons (Fsp3) is 0.600. The molecule has 2 aromatic heterocycles. The minimum Gasteiger partial charge on any atom is -0.352 e. The van der Waals surface area contributed by atoms with E-state index in [1.807, 2.05) is 26.8 Å². The van der Waals surface area contributed by atoms with Crippen molar-refractivity contribution in [1.29, 1.82) is 0 Å². The van der Waals surface area contributed by atoms with Gasteiger partial charge in [0.15, 0.2) is 0 Å². The Morgan fingerprint density at radius 3 is 2.82 bits per heavy atom. The number of nitrogens with zero attached hydrogens (tertiary/aromatic N) is 4. The van der Waals surface area contributed by atoms with E-state index in [9.17, 15) is 4.79 Å². The number of carbonyl (C=O) groups excluding carboxylic acids is 1. The Morgan fingerprint density at radius 1 is 1.36 bits per heavy atom. The van der Waals surface area contributed by atoms with Crippen LogP contribution >= 0.6 is 11.8 Å². The summed E-state index contributed by atoms with van der Waals surface area (Å²) >= 11 is 1.38. The van der Waals surface area contributed by atoms with Crippen LogP contribution in [-0.4, -0.2) is 36.8 Å². The summed E-state index contributed by atoms with van der Waals surface area (Å²) in [5, 5.41) is 7.93. The van der Waals surface area contributed by atoms with Crippen molar-refractivity contribution >= 4 is 23.4 Å². The zero-order valence-electron chi connectivity index (χ0n) is 13.2. The zero-order chi connectivity index (χ0) is 15.7. The average Bonchev–Trinajstić information content (AvgIpc) is 3.07. The molecule has 3 rings (SSSR count). The molecule has 6 nitrogen and oxygen atoms in total. The summed E-state index contributed by atoms with van der Waals surface area (Å²) in [5.74, 6) is 0.653. The Morgan fingerprint density at radius 2 is 2.09 bits per heavy atom. The summed E-state index contributed by atoms with van der Waals surface area (Å²) < 4.78 is 1.72. The van der Waals surface area contributed by atoms with E-state index in [0.717, 1.165) is 24.2 Å². The zero-order valence-corrected chi connectivity index (χ0v) is 14.0. The van der Waals surface area contributed by atoms with Crippen LogP contribution in [0.2, 0.25) is 0 Å². The van der Waals surface area contributed by atoms with E-state index in [1.54, 1.807) is 4.52 Å². The molecule has 1 aliphatic rings. The predicted molar refractivity (Wildman–Crippen MR) is 86.0 cm³/mol. The lowest BCUT2D eigenvalue weighted by Gasteiger charge is -2.15. The second-order valence-corrected chi connectivity index (χ2v) is 7.20. The van der Waals surface area contributed by atoms with E-state index in [1.165, 1.54) is 24.6 Å². The molecule has 1 atom stereocenters. The first-order valence-corrected chi connectivity index (χ1v) is 8.59. The van der Waals surface area contributed by atoms with Crippen LogP contribution in [0.25, 0.3) is 5.78 Å². The lowest BCUT2D eigenvalue weighted by molar-refractivity contribution is -0.120. The molecule has 0 saturated heterocycles. The summed E-state index contributed by atoms with van der Waals surface area (Å²) in [6, 6.07) is 2.31. The van der Waals surface area contributed by atoms with Crippen molar-refractivity contribution < 1.29 is 4.79 Å². The molecule has 0 unspecified atom stereocenters. The van der Waals surface area contributed by atoms with Crippen LogP contribution < -0.4 is 5.32 Å². The predicted octanol–water partition coefficient (Wildman–Crippen LogP) is 2.28. The van der Waals surface area contributed by atoms with Crippen LogP contribution in [0, 0.1) is 13.8 Å². The summed E-state index contributed by atoms with van der Waals surface area (Å²) in [4.78, 5) is 21.0. The van der Waals surface area contributed by atoms with Gasteiger partial charge < -0.3 is 5.32 Å². The molecule has 2 heterocycles. The molecule has 0 aromatic carbocycles. The van der Waals surface area contributed by atoms with Crippen LogP contribution in [0.5, 0.6) is 0 Å². The van der Waals surface area contributed by atoms with Crippen molar-refractivity contribution in [1.82, 2.24) is 24.9 Å². The van der Waals surface area contributed by atoms with Gasteiger partial charge in [-0.15, -0.1) is 5.10 Å². The van der Waals surface area contributed by atoms with E-state index in [2.05, 4.69) is 20.4 Å². The number of aryl methyl sites for hydroxylation is 2. The summed E-state index contributed by atoms with van der Waals surface area (Å²) in [7, 11) is 0. The molecular formula is C15H21N5OS. The molecule has 0 radical (unpaired) electrons. The van der Waals surface area contributed by atoms with Crippen LogP contribution in [0.3, 0.4) is 0 Å². The summed E-state index contributed by atoms with van der Waals surface area (Å²) in [6.07, 6.45) is 4.62. The third kappa shape index (κ3) is 3.24. The number of hydrogen-bond donors (Lipinski definition) is 1. The summed E-state index contributed by atoms with van der Waals surface area (Å²) in [5.41, 5.74) is 1.91. The van der Waals surface area contributed by atoms with Gasteiger partial charge in [-0.25, -0.2) is 9.50 Å². The lowest BCUT2D eigenvalue weighted by atomic mass is 10.2. The number of nitrogens with one attached hydrogen (secondary N) is 1. The van der Waals surface area contributed by atoms with Crippen LogP contribution in [-0.2, 0) is 4.79 Å². The van der Waals surface area contributed by atoms with Crippen LogP contribution in [0.4, 0.5) is 0 Å². The van der Waals surface area contributed by atoms with Crippen molar-refractivity contribution in [3.05, 3.63) is 17.5 Å². The fourth-order valence-corrected chi connectivity index (χ4v) is 3.55. The fourth-order valence-electron chi connectivity index (χ4n) is 2.80. The highest BCUT2D eigenvalue weighted by molar-refractivity contribution is 8.00. The molecule has 1 saturated carbocycles. The molecule has 2 aromatic rings. The maximum Gasteiger partial charge on any atom is 0.253 e. The van der Waals surface area contributed by atoms with Crippen molar-refractivity contribution in [2.24, 2.45) is 0 Å². The van der Waals surface area contributed by atoms with Gasteiger partial charge in [0.2, 0.25) is 11.1 Å². The van der Waals surface area contributed by atoms with Gasteiger partial charge >= 0.3 is 0 Å². The van der Waals surface area contributed by atoms with Gasteiger partial charge in [0.05, 0.1) is 5.25 Å². The van der Waals surface area contributed by atoms with E-state index in [-0.39, 0.29) is 11.2 Å². The smallest absolute Gasteiger partial charge is 0.253 e. The molecule has 1 amide bonds. The monoisotopic (exact) mass is 319 g/mol. The molecule has 7 heteroatoms. The molecule has 0 aliphatic heterocycles. The van der Waals surface area contributed by atoms with Gasteiger partial charge in [0, 0.05) is 17.4 Å². The first-order valence-electron chi connectivity index (χ1n) is 7.71. The molecule has 22 heavy (non-hydrogen) atoms. The van der Waals surface area contributed by atoms with E-state index < -0.39 is 0 Å². The second-order valence-electron chi connectivity index (χ2n) is 5.90. The Balaban J connectivity index is 1.69. The quantitative estimate of drug-likeness (QED) is 0.875. The SMILES string of the molecule is Cc1cc(C)n2nc(S[C@H](C)C(=O)NC3CCCC3)nc2n1. The summed E-state index contributed by atoms with van der Waals surface area (Å²) in [6.45, 7) is 5.80. The standard InChI is InChI=1S/C15H21N5OS/c1-9-8-10(2)20-14(16-9)18-15(19-20)22-11(3)13(21)17-12-6-4-5-7-12/h8,11-12H,4-7H2,1-3H3,(H,17,21)/t11-/m1/s1. The number of amides is 1. The maximum absolute atomic E-state index is 12.2. The number of hydrogen-bond acceptors (Lipinski definition) is 5. The normalized spacial score (nSPS) is 17.0. The minimum absolute atomic E-state index is 0.0663. The molecular weight excluding hydrogens is 298 g/mol. The maximum atomic E-state index is 12.2. The molecule has 0 spiro atoms. The van der Waals surface area contributed by atoms with Gasteiger partial charge in [-0.05, 0) is 39.7 Å². The lowest BCUT2D eigenvalue weighted by Crippen LogP contribution is -2.37. The first kappa shape index (κ1) is 15.3. The van der Waals surface area contributed by atoms with Crippen molar-refractivity contribution in [3.8, 4) is 0 Å². The van der Waals surface area contributed by atoms with E-state index in [0.29, 0.717) is 17.0 Å². The van der Waals surface area contributed by atoms with Gasteiger partial charge in [-0.1, -0.05) is 24.6 Å². The van der Waals surface area contributed by atoms with Crippen molar-refractivity contribution in [3.63, 3.8) is 0 Å². The van der Waals surface area contributed by atoms with Crippen LogP contribution in [0.1, 0.15) is 44.0 Å². The van der Waals surface area contributed by atoms with Gasteiger partial charge in [0.25, 0.3) is 5.78 Å². The number of fused-ring (bicyclic) bond motifs is 1. The minimum atomic E-state index is -0.209. The van der Waals surface area contributed by atoms with Crippen molar-refractivity contribution in [2.75, 3.05) is 0 Å². The number of thioether (sulfide) groups is 1. The van der Waals surface area contributed by atoms with Gasteiger partial charge in [-0.3, -0.25) is 4.79 Å². The topological polar surface area (TPSA) is 72.2 Å². The highest BCUT2D eigenvalue weighted by atomic mass is 32.2. The second kappa shape index (κ2) is 6.24. The Kier molecular flexibility index (Phi) is 4.33. The molecule has 1 N–H and O–H groups in total. The number of aromatic nitrogens is 4. The largest absolute Gasteiger partial charge is 0.352 e. The average molecular weight is 319 g/mol. The molecule has 0 bridgehead atoms. The number of rotatable bonds is 4. The van der Waals surface area contributed by atoms with Crippen molar-refractivity contribution in [2.45, 2.75) is 62.9 Å². The highest BCUT2D eigenvalue weighted by Gasteiger charge is 2.22.